The molecule has 2 heterocycles. The Morgan fingerprint density at radius 3 is 2.44 bits per heavy atom. The number of fused-ring (bicyclic) bond motifs is 2. The minimum Gasteiger partial charge on any atom is -0.298 e. The fourth-order valence-electron chi connectivity index (χ4n) is 3.25. The van der Waals surface area contributed by atoms with Crippen LogP contribution in [0.1, 0.15) is 18.4 Å². The average Bonchev–Trinajstić information content (AvgIpc) is 2.64. The first-order chi connectivity index (χ1) is 8.83. The predicted octanol–water partition coefficient (Wildman–Crippen LogP) is 2.48. The molecule has 3 rings (SSSR count). The highest BCUT2D eigenvalue weighted by molar-refractivity contribution is 5.48. The van der Waals surface area contributed by atoms with Gasteiger partial charge in [-0.05, 0) is 25.5 Å². The number of nitrogens with zero attached hydrogens (tertiary/aromatic N) is 2. The topological polar surface area (TPSA) is 6.48 Å². The first-order valence-electron chi connectivity index (χ1n) is 6.99. The molecule has 2 unspecified atom stereocenters. The SMILES string of the molecule is CN1C2CCC1CN(CC=Cc1ccccc1)C2. The molecule has 2 saturated heterocycles. The monoisotopic (exact) mass is 242 g/mol. The van der Waals surface area contributed by atoms with E-state index in [1.54, 1.807) is 0 Å². The zero-order valence-corrected chi connectivity index (χ0v) is 11.1. The smallest absolute Gasteiger partial charge is 0.0224 e. The highest BCUT2D eigenvalue weighted by atomic mass is 15.3. The van der Waals surface area contributed by atoms with Crippen molar-refractivity contribution >= 4 is 6.08 Å². The standard InChI is InChI=1S/C16H22N2/c1-17-15-9-10-16(17)13-18(12-15)11-5-8-14-6-3-2-4-7-14/h2-8,15-16H,9-13H2,1H3. The number of piperazine rings is 1. The number of likely N-dealkylation sites (tertiary alicyclic amines) is 1. The van der Waals surface area contributed by atoms with E-state index in [-0.39, 0.29) is 0 Å². The van der Waals surface area contributed by atoms with E-state index in [1.807, 2.05) is 0 Å². The Bertz CT molecular complexity index is 398. The number of rotatable bonds is 3. The third-order valence-electron chi connectivity index (χ3n) is 4.40. The van der Waals surface area contributed by atoms with Crippen LogP contribution in [0.15, 0.2) is 36.4 Å². The summed E-state index contributed by atoms with van der Waals surface area (Å²) in [5.74, 6) is 0. The van der Waals surface area contributed by atoms with Crippen LogP contribution in [0.4, 0.5) is 0 Å². The largest absolute Gasteiger partial charge is 0.298 e. The van der Waals surface area contributed by atoms with Gasteiger partial charge in [0.05, 0.1) is 0 Å². The summed E-state index contributed by atoms with van der Waals surface area (Å²) in [6.45, 7) is 3.58. The molecule has 2 aliphatic rings. The van der Waals surface area contributed by atoms with Crippen molar-refractivity contribution in [2.75, 3.05) is 26.7 Å². The summed E-state index contributed by atoms with van der Waals surface area (Å²) in [5.41, 5.74) is 1.30. The summed E-state index contributed by atoms with van der Waals surface area (Å²) in [6, 6.07) is 12.2. The normalized spacial score (nSPS) is 29.2. The molecule has 96 valence electrons. The van der Waals surface area contributed by atoms with Gasteiger partial charge in [0.25, 0.3) is 0 Å². The third-order valence-corrected chi connectivity index (χ3v) is 4.40. The van der Waals surface area contributed by atoms with Crippen LogP contribution in [0.5, 0.6) is 0 Å². The lowest BCUT2D eigenvalue weighted by Gasteiger charge is -2.38. The fraction of sp³-hybridized carbons (Fsp3) is 0.500. The third kappa shape index (κ3) is 2.50. The van der Waals surface area contributed by atoms with Gasteiger partial charge in [-0.3, -0.25) is 9.80 Å². The van der Waals surface area contributed by atoms with Gasteiger partial charge in [0.15, 0.2) is 0 Å². The summed E-state index contributed by atoms with van der Waals surface area (Å²) in [6.07, 6.45) is 7.32. The minimum absolute atomic E-state index is 0.800. The molecule has 0 N–H and O–H groups in total. The van der Waals surface area contributed by atoms with E-state index in [0.717, 1.165) is 18.6 Å². The molecule has 2 atom stereocenters. The van der Waals surface area contributed by atoms with E-state index in [9.17, 15) is 0 Å². The molecule has 2 heteroatoms. The molecule has 0 spiro atoms. The van der Waals surface area contributed by atoms with Gasteiger partial charge < -0.3 is 0 Å². The van der Waals surface area contributed by atoms with Crippen LogP contribution >= 0.6 is 0 Å². The number of hydrogen-bond donors (Lipinski definition) is 0. The van der Waals surface area contributed by atoms with Gasteiger partial charge in [0.2, 0.25) is 0 Å². The Labute approximate surface area is 110 Å². The quantitative estimate of drug-likeness (QED) is 0.803. The van der Waals surface area contributed by atoms with Crippen molar-refractivity contribution in [3.05, 3.63) is 42.0 Å². The number of hydrogen-bond acceptors (Lipinski definition) is 2. The van der Waals surface area contributed by atoms with E-state index in [0.29, 0.717) is 0 Å². The van der Waals surface area contributed by atoms with Gasteiger partial charge in [-0.1, -0.05) is 42.5 Å². The van der Waals surface area contributed by atoms with Crippen molar-refractivity contribution in [3.8, 4) is 0 Å². The molecule has 2 nitrogen and oxygen atoms in total. The second-order valence-corrected chi connectivity index (χ2v) is 5.58. The second kappa shape index (κ2) is 5.25. The molecule has 0 saturated carbocycles. The summed E-state index contributed by atoms with van der Waals surface area (Å²) in [5, 5.41) is 0. The summed E-state index contributed by atoms with van der Waals surface area (Å²) >= 11 is 0. The maximum absolute atomic E-state index is 2.60. The van der Waals surface area contributed by atoms with E-state index in [4.69, 9.17) is 0 Å². The summed E-state index contributed by atoms with van der Waals surface area (Å²) in [4.78, 5) is 5.18. The molecule has 0 aliphatic carbocycles. The molecule has 1 aromatic rings. The van der Waals surface area contributed by atoms with Crippen molar-refractivity contribution in [3.63, 3.8) is 0 Å². The highest BCUT2D eigenvalue weighted by Crippen LogP contribution is 2.28. The molecular weight excluding hydrogens is 220 g/mol. The molecule has 1 aromatic carbocycles. The van der Waals surface area contributed by atoms with Crippen molar-refractivity contribution in [1.82, 2.24) is 9.80 Å². The van der Waals surface area contributed by atoms with Gasteiger partial charge >= 0.3 is 0 Å². The Morgan fingerprint density at radius 2 is 1.78 bits per heavy atom. The van der Waals surface area contributed by atoms with Crippen molar-refractivity contribution in [2.24, 2.45) is 0 Å². The Morgan fingerprint density at radius 1 is 1.11 bits per heavy atom. The van der Waals surface area contributed by atoms with Gasteiger partial charge in [0.1, 0.15) is 0 Å². The molecule has 2 bridgehead atoms. The van der Waals surface area contributed by atoms with Crippen molar-refractivity contribution < 1.29 is 0 Å². The van der Waals surface area contributed by atoms with Crippen LogP contribution in [0.25, 0.3) is 6.08 Å². The maximum atomic E-state index is 2.60. The summed E-state index contributed by atoms with van der Waals surface area (Å²) < 4.78 is 0. The molecule has 18 heavy (non-hydrogen) atoms. The first-order valence-corrected chi connectivity index (χ1v) is 6.99. The lowest BCUT2D eigenvalue weighted by atomic mass is 10.2. The Balaban J connectivity index is 1.54. The van der Waals surface area contributed by atoms with E-state index in [2.05, 4.69) is 59.3 Å². The molecule has 0 aromatic heterocycles. The van der Waals surface area contributed by atoms with Crippen LogP contribution in [-0.2, 0) is 0 Å². The second-order valence-electron chi connectivity index (χ2n) is 5.58. The van der Waals surface area contributed by atoms with Crippen LogP contribution in [0.3, 0.4) is 0 Å². The number of benzene rings is 1. The van der Waals surface area contributed by atoms with E-state index in [1.165, 1.54) is 31.5 Å². The van der Waals surface area contributed by atoms with Crippen LogP contribution in [0, 0.1) is 0 Å². The number of likely N-dealkylation sites (N-methyl/N-ethyl adjacent to an activating group) is 1. The van der Waals surface area contributed by atoms with Crippen molar-refractivity contribution in [2.45, 2.75) is 24.9 Å². The fourth-order valence-corrected chi connectivity index (χ4v) is 3.25. The zero-order valence-electron chi connectivity index (χ0n) is 11.1. The average molecular weight is 242 g/mol. The predicted molar refractivity (Wildman–Crippen MR) is 76.5 cm³/mol. The van der Waals surface area contributed by atoms with Gasteiger partial charge in [-0.2, -0.15) is 0 Å². The van der Waals surface area contributed by atoms with E-state index < -0.39 is 0 Å². The van der Waals surface area contributed by atoms with Gasteiger partial charge in [-0.15, -0.1) is 0 Å². The maximum Gasteiger partial charge on any atom is 0.0224 e. The Kier molecular flexibility index (Phi) is 3.48. The molecule has 2 fully saturated rings. The van der Waals surface area contributed by atoms with Gasteiger partial charge in [-0.25, -0.2) is 0 Å². The van der Waals surface area contributed by atoms with Gasteiger partial charge in [0, 0.05) is 31.7 Å². The zero-order chi connectivity index (χ0) is 12.4. The molecular formula is C16H22N2. The lowest BCUT2D eigenvalue weighted by molar-refractivity contribution is 0.0973. The molecule has 0 radical (unpaired) electrons. The lowest BCUT2D eigenvalue weighted by Crippen LogP contribution is -2.51. The summed E-state index contributed by atoms with van der Waals surface area (Å²) in [7, 11) is 2.29. The van der Waals surface area contributed by atoms with Crippen LogP contribution in [0.2, 0.25) is 0 Å². The van der Waals surface area contributed by atoms with Crippen LogP contribution < -0.4 is 0 Å². The van der Waals surface area contributed by atoms with E-state index >= 15 is 0 Å². The first kappa shape index (κ1) is 11.9. The molecule has 2 aliphatic heterocycles. The van der Waals surface area contributed by atoms with Crippen LogP contribution in [-0.4, -0.2) is 48.6 Å². The molecule has 0 amide bonds. The van der Waals surface area contributed by atoms with Crippen molar-refractivity contribution in [1.29, 1.82) is 0 Å². The Hall–Kier alpha value is -1.12. The highest BCUT2D eigenvalue weighted by Gasteiger charge is 2.36. The minimum atomic E-state index is 0.800.